The van der Waals surface area contributed by atoms with Crippen LogP contribution in [-0.2, 0) is 9.59 Å². The third-order valence-corrected chi connectivity index (χ3v) is 2.60. The van der Waals surface area contributed by atoms with E-state index in [1.807, 2.05) is 0 Å². The molecule has 0 bridgehead atoms. The van der Waals surface area contributed by atoms with Gasteiger partial charge in [0.2, 0.25) is 5.91 Å². The Morgan fingerprint density at radius 2 is 1.72 bits per heavy atom. The van der Waals surface area contributed by atoms with E-state index < -0.39 is 5.97 Å². The number of hydrogen-bond acceptors (Lipinski definition) is 2. The Kier molecular flexibility index (Phi) is 11.3. The van der Waals surface area contributed by atoms with Gasteiger partial charge in [-0.2, -0.15) is 0 Å². The van der Waals surface area contributed by atoms with Crippen LogP contribution in [0.2, 0.25) is 0 Å². The minimum atomic E-state index is -1.00. The lowest BCUT2D eigenvalue weighted by Crippen LogP contribution is -2.28. The Morgan fingerprint density at radius 3 is 2.33 bits per heavy atom. The van der Waals surface area contributed by atoms with Gasteiger partial charge in [0.1, 0.15) is 6.54 Å². The lowest BCUT2D eigenvalue weighted by molar-refractivity contribution is -0.137. The van der Waals surface area contributed by atoms with Gasteiger partial charge in [-0.15, -0.1) is 0 Å². The Bertz CT molecular complexity index is 262. The zero-order chi connectivity index (χ0) is 13.6. The maximum atomic E-state index is 11.2. The largest absolute Gasteiger partial charge is 0.480 e. The summed E-state index contributed by atoms with van der Waals surface area (Å²) in [5.74, 6) is -1.19. The Hall–Kier alpha value is -1.32. The number of allylic oxidation sites excluding steroid dienone is 2. The number of rotatable bonds is 11. The lowest BCUT2D eigenvalue weighted by Gasteiger charge is -2.00. The van der Waals surface area contributed by atoms with E-state index in [4.69, 9.17) is 5.11 Å². The van der Waals surface area contributed by atoms with E-state index in [0.29, 0.717) is 6.42 Å². The molecular formula is C14H25NO3. The van der Waals surface area contributed by atoms with Gasteiger partial charge in [-0.05, 0) is 25.7 Å². The number of hydrogen-bond donors (Lipinski definition) is 2. The van der Waals surface area contributed by atoms with Gasteiger partial charge in [-0.1, -0.05) is 38.3 Å². The van der Waals surface area contributed by atoms with Gasteiger partial charge in [-0.25, -0.2) is 0 Å². The van der Waals surface area contributed by atoms with Crippen LogP contribution >= 0.6 is 0 Å². The standard InChI is InChI=1S/C14H25NO3/c1-2-3-4-5-6-7-8-9-10-11-13(16)15-12-14(17)18/h7-8H,2-6,9-12H2,1H3,(H,15,16)(H,17,18). The molecule has 0 aliphatic rings. The zero-order valence-electron chi connectivity index (χ0n) is 11.3. The van der Waals surface area contributed by atoms with Crippen LogP contribution in [-0.4, -0.2) is 23.5 Å². The van der Waals surface area contributed by atoms with Gasteiger partial charge in [0.05, 0.1) is 0 Å². The summed E-state index contributed by atoms with van der Waals surface area (Å²) in [6.45, 7) is 1.91. The summed E-state index contributed by atoms with van der Waals surface area (Å²) in [5.41, 5.74) is 0. The van der Waals surface area contributed by atoms with E-state index in [2.05, 4.69) is 24.4 Å². The van der Waals surface area contributed by atoms with Crippen LogP contribution in [0.25, 0.3) is 0 Å². The Labute approximate surface area is 109 Å². The quantitative estimate of drug-likeness (QED) is 0.440. The SMILES string of the molecule is CCCCCCC=CCCCC(=O)NCC(=O)O. The summed E-state index contributed by atoms with van der Waals surface area (Å²) in [6, 6.07) is 0. The molecule has 0 saturated carbocycles. The van der Waals surface area contributed by atoms with Crippen molar-refractivity contribution >= 4 is 11.9 Å². The molecular weight excluding hydrogens is 230 g/mol. The van der Waals surface area contributed by atoms with E-state index in [1.165, 1.54) is 25.7 Å². The highest BCUT2D eigenvalue weighted by atomic mass is 16.4. The molecule has 4 nitrogen and oxygen atoms in total. The highest BCUT2D eigenvalue weighted by Crippen LogP contribution is 2.04. The summed E-state index contributed by atoms with van der Waals surface area (Å²) < 4.78 is 0. The van der Waals surface area contributed by atoms with E-state index >= 15 is 0 Å². The molecule has 0 aliphatic heterocycles. The van der Waals surface area contributed by atoms with Crippen LogP contribution in [0.4, 0.5) is 0 Å². The molecule has 1 amide bonds. The van der Waals surface area contributed by atoms with Gasteiger partial charge < -0.3 is 10.4 Å². The molecule has 0 aromatic heterocycles. The van der Waals surface area contributed by atoms with Crippen molar-refractivity contribution in [2.45, 2.75) is 58.3 Å². The number of carbonyl (C=O) groups excluding carboxylic acids is 1. The van der Waals surface area contributed by atoms with Crippen molar-refractivity contribution in [3.8, 4) is 0 Å². The van der Waals surface area contributed by atoms with Gasteiger partial charge >= 0.3 is 5.97 Å². The Morgan fingerprint density at radius 1 is 1.06 bits per heavy atom. The van der Waals surface area contributed by atoms with Crippen LogP contribution in [0.3, 0.4) is 0 Å². The molecule has 0 saturated heterocycles. The van der Waals surface area contributed by atoms with Crippen molar-refractivity contribution in [1.82, 2.24) is 5.32 Å². The van der Waals surface area contributed by atoms with Crippen molar-refractivity contribution in [2.24, 2.45) is 0 Å². The van der Waals surface area contributed by atoms with Gasteiger partial charge in [0.15, 0.2) is 0 Å². The van der Waals surface area contributed by atoms with Gasteiger partial charge in [0.25, 0.3) is 0 Å². The normalized spacial score (nSPS) is 10.7. The summed E-state index contributed by atoms with van der Waals surface area (Å²) in [7, 11) is 0. The lowest BCUT2D eigenvalue weighted by atomic mass is 10.1. The number of carboxylic acid groups (broad SMARTS) is 1. The highest BCUT2D eigenvalue weighted by molar-refractivity contribution is 5.80. The van der Waals surface area contributed by atoms with E-state index in [-0.39, 0.29) is 12.5 Å². The topological polar surface area (TPSA) is 66.4 Å². The second-order valence-electron chi connectivity index (χ2n) is 4.38. The summed E-state index contributed by atoms with van der Waals surface area (Å²) in [6.07, 6.45) is 12.5. The van der Waals surface area contributed by atoms with Crippen LogP contribution in [0.1, 0.15) is 58.3 Å². The first-order valence-corrected chi connectivity index (χ1v) is 6.80. The first-order chi connectivity index (χ1) is 8.66. The van der Waals surface area contributed by atoms with Crippen molar-refractivity contribution in [3.63, 3.8) is 0 Å². The monoisotopic (exact) mass is 255 g/mol. The summed E-state index contributed by atoms with van der Waals surface area (Å²) >= 11 is 0. The molecule has 104 valence electrons. The molecule has 0 unspecified atom stereocenters. The van der Waals surface area contributed by atoms with E-state index in [9.17, 15) is 9.59 Å². The minimum Gasteiger partial charge on any atom is -0.480 e. The van der Waals surface area contributed by atoms with Crippen LogP contribution < -0.4 is 5.32 Å². The molecule has 18 heavy (non-hydrogen) atoms. The fraction of sp³-hybridized carbons (Fsp3) is 0.714. The predicted molar refractivity (Wildman–Crippen MR) is 72.4 cm³/mol. The number of unbranched alkanes of at least 4 members (excludes halogenated alkanes) is 5. The molecule has 0 aromatic carbocycles. The molecule has 4 heteroatoms. The third-order valence-electron chi connectivity index (χ3n) is 2.60. The number of carbonyl (C=O) groups is 2. The van der Waals surface area contributed by atoms with Crippen LogP contribution in [0.15, 0.2) is 12.2 Å². The van der Waals surface area contributed by atoms with Crippen molar-refractivity contribution in [3.05, 3.63) is 12.2 Å². The molecule has 0 aromatic rings. The number of amides is 1. The maximum absolute atomic E-state index is 11.2. The fourth-order valence-electron chi connectivity index (χ4n) is 1.57. The predicted octanol–water partition coefficient (Wildman–Crippen LogP) is 2.88. The molecule has 0 rings (SSSR count). The average Bonchev–Trinajstić information content (AvgIpc) is 2.34. The molecule has 0 atom stereocenters. The number of nitrogens with one attached hydrogen (secondary N) is 1. The van der Waals surface area contributed by atoms with Crippen LogP contribution in [0, 0.1) is 0 Å². The maximum Gasteiger partial charge on any atom is 0.322 e. The van der Waals surface area contributed by atoms with Gasteiger partial charge in [0, 0.05) is 6.42 Å². The van der Waals surface area contributed by atoms with Gasteiger partial charge in [-0.3, -0.25) is 9.59 Å². The molecule has 0 fully saturated rings. The van der Waals surface area contributed by atoms with Crippen LogP contribution in [0.5, 0.6) is 0 Å². The molecule has 0 heterocycles. The van der Waals surface area contributed by atoms with E-state index in [0.717, 1.165) is 19.3 Å². The van der Waals surface area contributed by atoms with Crippen molar-refractivity contribution < 1.29 is 14.7 Å². The van der Waals surface area contributed by atoms with E-state index in [1.54, 1.807) is 0 Å². The van der Waals surface area contributed by atoms with Crippen molar-refractivity contribution in [2.75, 3.05) is 6.54 Å². The average molecular weight is 255 g/mol. The molecule has 2 N–H and O–H groups in total. The zero-order valence-corrected chi connectivity index (χ0v) is 11.3. The number of carboxylic acids is 1. The Balaban J connectivity index is 3.30. The molecule has 0 aliphatic carbocycles. The molecule has 0 spiro atoms. The second kappa shape index (κ2) is 12.1. The molecule has 0 radical (unpaired) electrons. The highest BCUT2D eigenvalue weighted by Gasteiger charge is 2.02. The number of aliphatic carboxylic acids is 1. The summed E-state index contributed by atoms with van der Waals surface area (Å²) in [4.78, 5) is 21.4. The third kappa shape index (κ3) is 12.7. The minimum absolute atomic E-state index is 0.186. The van der Waals surface area contributed by atoms with Crippen molar-refractivity contribution in [1.29, 1.82) is 0 Å². The second-order valence-corrected chi connectivity index (χ2v) is 4.38. The first kappa shape index (κ1) is 16.7. The first-order valence-electron chi connectivity index (χ1n) is 6.80. The fourth-order valence-corrected chi connectivity index (χ4v) is 1.57. The smallest absolute Gasteiger partial charge is 0.322 e. The summed E-state index contributed by atoms with van der Waals surface area (Å²) in [5, 5.41) is 10.7.